The highest BCUT2D eigenvalue weighted by atomic mass is 35.5. The number of unbranched alkanes of at least 4 members (excludes halogenated alkanes) is 1. The summed E-state index contributed by atoms with van der Waals surface area (Å²) in [5, 5.41) is 12.9. The molecule has 0 unspecified atom stereocenters. The topological polar surface area (TPSA) is 39.1 Å². The predicted octanol–water partition coefficient (Wildman–Crippen LogP) is 3.74. The monoisotopic (exact) mass is 279 g/mol. The van der Waals surface area contributed by atoms with Crippen molar-refractivity contribution < 1.29 is 0 Å². The first-order valence-electron chi connectivity index (χ1n) is 6.68. The molecule has 0 spiro atoms. The molecular formula is C15H22ClN3. The Balaban J connectivity index is 2.32. The van der Waals surface area contributed by atoms with E-state index in [1.807, 2.05) is 6.07 Å². The van der Waals surface area contributed by atoms with Crippen molar-refractivity contribution in [2.45, 2.75) is 32.7 Å². The summed E-state index contributed by atoms with van der Waals surface area (Å²) in [6.07, 6.45) is 2.24. The van der Waals surface area contributed by atoms with Gasteiger partial charge in [0.15, 0.2) is 0 Å². The smallest absolute Gasteiger partial charge is 0.101 e. The Hall–Kier alpha value is -1.24. The van der Waals surface area contributed by atoms with Gasteiger partial charge in [0.2, 0.25) is 0 Å². The lowest BCUT2D eigenvalue weighted by atomic mass is 10.2. The SMILES string of the molecule is CC(C)N(C)CCCCNc1ccc(Cl)cc1C#N. The summed E-state index contributed by atoms with van der Waals surface area (Å²) in [6.45, 7) is 6.38. The summed E-state index contributed by atoms with van der Waals surface area (Å²) in [5.74, 6) is 0. The molecule has 0 aliphatic rings. The zero-order chi connectivity index (χ0) is 14.3. The van der Waals surface area contributed by atoms with Gasteiger partial charge in [-0.1, -0.05) is 11.6 Å². The van der Waals surface area contributed by atoms with Crippen molar-refractivity contribution in [3.8, 4) is 6.07 Å². The molecule has 4 heteroatoms. The van der Waals surface area contributed by atoms with Crippen molar-refractivity contribution in [1.82, 2.24) is 4.90 Å². The highest BCUT2D eigenvalue weighted by molar-refractivity contribution is 6.30. The van der Waals surface area contributed by atoms with Crippen molar-refractivity contribution in [1.29, 1.82) is 5.26 Å². The molecule has 0 radical (unpaired) electrons. The maximum absolute atomic E-state index is 9.02. The molecule has 0 aliphatic carbocycles. The van der Waals surface area contributed by atoms with Crippen LogP contribution < -0.4 is 5.32 Å². The Bertz CT molecular complexity index is 438. The largest absolute Gasteiger partial charge is 0.384 e. The van der Waals surface area contributed by atoms with Crippen LogP contribution in [0, 0.1) is 11.3 Å². The van der Waals surface area contributed by atoms with Gasteiger partial charge in [0.1, 0.15) is 6.07 Å². The van der Waals surface area contributed by atoms with Crippen LogP contribution in [-0.4, -0.2) is 31.1 Å². The molecule has 19 heavy (non-hydrogen) atoms. The van der Waals surface area contributed by atoms with Gasteiger partial charge >= 0.3 is 0 Å². The Kier molecular flexibility index (Phi) is 6.69. The number of halogens is 1. The summed E-state index contributed by atoms with van der Waals surface area (Å²) in [7, 11) is 2.14. The lowest BCUT2D eigenvalue weighted by Crippen LogP contribution is -2.27. The second kappa shape index (κ2) is 8.04. The molecule has 0 saturated heterocycles. The second-order valence-electron chi connectivity index (χ2n) is 5.01. The first-order valence-corrected chi connectivity index (χ1v) is 7.06. The third-order valence-corrected chi connectivity index (χ3v) is 3.47. The minimum atomic E-state index is 0.592. The van der Waals surface area contributed by atoms with Gasteiger partial charge in [0, 0.05) is 17.6 Å². The van der Waals surface area contributed by atoms with Crippen molar-refractivity contribution in [2.24, 2.45) is 0 Å². The second-order valence-corrected chi connectivity index (χ2v) is 5.45. The van der Waals surface area contributed by atoms with Gasteiger partial charge in [-0.25, -0.2) is 0 Å². The highest BCUT2D eigenvalue weighted by Gasteiger charge is 2.03. The zero-order valence-corrected chi connectivity index (χ0v) is 12.7. The summed E-state index contributed by atoms with van der Waals surface area (Å²) < 4.78 is 0. The fourth-order valence-corrected chi connectivity index (χ4v) is 1.90. The molecule has 0 heterocycles. The van der Waals surface area contributed by atoms with Gasteiger partial charge in [-0.3, -0.25) is 0 Å². The van der Waals surface area contributed by atoms with Crippen molar-refractivity contribution in [3.05, 3.63) is 28.8 Å². The molecular weight excluding hydrogens is 258 g/mol. The molecule has 0 aromatic heterocycles. The van der Waals surface area contributed by atoms with E-state index in [2.05, 4.69) is 37.2 Å². The van der Waals surface area contributed by atoms with Gasteiger partial charge in [0.05, 0.1) is 11.3 Å². The zero-order valence-electron chi connectivity index (χ0n) is 11.9. The number of nitriles is 1. The van der Waals surface area contributed by atoms with Crippen LogP contribution >= 0.6 is 11.6 Å². The predicted molar refractivity (Wildman–Crippen MR) is 81.7 cm³/mol. The minimum absolute atomic E-state index is 0.592. The molecule has 0 bridgehead atoms. The molecule has 0 atom stereocenters. The number of hydrogen-bond acceptors (Lipinski definition) is 3. The van der Waals surface area contributed by atoms with Crippen molar-refractivity contribution >= 4 is 17.3 Å². The molecule has 1 aromatic carbocycles. The fraction of sp³-hybridized carbons (Fsp3) is 0.533. The van der Waals surface area contributed by atoms with Crippen LogP contribution in [0.2, 0.25) is 5.02 Å². The lowest BCUT2D eigenvalue weighted by Gasteiger charge is -2.20. The van der Waals surface area contributed by atoms with E-state index in [1.165, 1.54) is 0 Å². The van der Waals surface area contributed by atoms with E-state index in [4.69, 9.17) is 16.9 Å². The summed E-state index contributed by atoms with van der Waals surface area (Å²) in [4.78, 5) is 2.34. The average Bonchev–Trinajstić information content (AvgIpc) is 2.39. The molecule has 1 N–H and O–H groups in total. The first kappa shape index (κ1) is 15.8. The molecule has 104 valence electrons. The highest BCUT2D eigenvalue weighted by Crippen LogP contribution is 2.19. The standard InChI is InChI=1S/C15H22ClN3/c1-12(2)19(3)9-5-4-8-18-15-7-6-14(16)10-13(15)11-17/h6-7,10,12,18H,4-5,8-9H2,1-3H3. The number of nitrogens with one attached hydrogen (secondary N) is 1. The normalized spacial score (nSPS) is 10.8. The third-order valence-electron chi connectivity index (χ3n) is 3.24. The molecule has 1 aromatic rings. The number of rotatable bonds is 7. The van der Waals surface area contributed by atoms with Crippen LogP contribution in [0.5, 0.6) is 0 Å². The van der Waals surface area contributed by atoms with Crippen LogP contribution in [-0.2, 0) is 0 Å². The van der Waals surface area contributed by atoms with Gasteiger partial charge in [-0.05, 0) is 58.5 Å². The molecule has 0 amide bonds. The molecule has 0 saturated carbocycles. The van der Waals surface area contributed by atoms with Gasteiger partial charge in [-0.2, -0.15) is 5.26 Å². The molecule has 1 rings (SSSR count). The van der Waals surface area contributed by atoms with E-state index < -0.39 is 0 Å². The van der Waals surface area contributed by atoms with Crippen LogP contribution in [0.3, 0.4) is 0 Å². The van der Waals surface area contributed by atoms with Crippen molar-refractivity contribution in [2.75, 3.05) is 25.5 Å². The molecule has 0 fully saturated rings. The summed E-state index contributed by atoms with van der Waals surface area (Å²) in [5.41, 5.74) is 1.47. The van der Waals surface area contributed by atoms with Crippen LogP contribution in [0.4, 0.5) is 5.69 Å². The summed E-state index contributed by atoms with van der Waals surface area (Å²) in [6, 6.07) is 8.10. The minimum Gasteiger partial charge on any atom is -0.384 e. The molecule has 3 nitrogen and oxygen atoms in total. The third kappa shape index (κ3) is 5.50. The maximum Gasteiger partial charge on any atom is 0.101 e. The number of anilines is 1. The number of benzene rings is 1. The van der Waals surface area contributed by atoms with Gasteiger partial charge in [-0.15, -0.1) is 0 Å². The van der Waals surface area contributed by atoms with E-state index in [0.29, 0.717) is 16.6 Å². The van der Waals surface area contributed by atoms with Gasteiger partial charge < -0.3 is 10.2 Å². The summed E-state index contributed by atoms with van der Waals surface area (Å²) >= 11 is 5.86. The van der Waals surface area contributed by atoms with Crippen LogP contribution in [0.25, 0.3) is 0 Å². The number of hydrogen-bond donors (Lipinski definition) is 1. The Morgan fingerprint density at radius 2 is 2.11 bits per heavy atom. The van der Waals surface area contributed by atoms with E-state index >= 15 is 0 Å². The first-order chi connectivity index (χ1) is 9.04. The fourth-order valence-electron chi connectivity index (χ4n) is 1.73. The van der Waals surface area contributed by atoms with Crippen LogP contribution in [0.1, 0.15) is 32.3 Å². The van der Waals surface area contributed by atoms with Gasteiger partial charge in [0.25, 0.3) is 0 Å². The van der Waals surface area contributed by atoms with E-state index in [9.17, 15) is 0 Å². The van der Waals surface area contributed by atoms with E-state index in [0.717, 1.165) is 31.6 Å². The number of nitrogens with zero attached hydrogens (tertiary/aromatic N) is 2. The quantitative estimate of drug-likeness (QED) is 0.773. The Labute approximate surface area is 121 Å². The Morgan fingerprint density at radius 1 is 1.37 bits per heavy atom. The average molecular weight is 280 g/mol. The molecule has 0 aliphatic heterocycles. The van der Waals surface area contributed by atoms with Crippen LogP contribution in [0.15, 0.2) is 18.2 Å². The van der Waals surface area contributed by atoms with E-state index in [1.54, 1.807) is 12.1 Å². The van der Waals surface area contributed by atoms with E-state index in [-0.39, 0.29) is 0 Å². The Morgan fingerprint density at radius 3 is 2.74 bits per heavy atom. The maximum atomic E-state index is 9.02. The lowest BCUT2D eigenvalue weighted by molar-refractivity contribution is 0.269. The van der Waals surface area contributed by atoms with Crippen molar-refractivity contribution in [3.63, 3.8) is 0 Å².